The summed E-state index contributed by atoms with van der Waals surface area (Å²) in [6, 6.07) is 10.3. The van der Waals surface area contributed by atoms with Gasteiger partial charge in [0.05, 0.1) is 19.1 Å². The van der Waals surface area contributed by atoms with Gasteiger partial charge >= 0.3 is 0 Å². The highest BCUT2D eigenvalue weighted by Gasteiger charge is 2.36. The quantitative estimate of drug-likeness (QED) is 0.543. The maximum absolute atomic E-state index is 13.6. The number of furan rings is 2. The SMILES string of the molecule is O=C(NCC(=O)N(c1ccc(F)cc1)[C@@H](C(=O)NC1CCCC1)c1ccco1)c1ccco1. The fraction of sp³-hybridized carbons (Fsp3) is 0.292. The first-order valence-electron chi connectivity index (χ1n) is 10.8. The number of halogens is 1. The van der Waals surface area contributed by atoms with Crippen molar-refractivity contribution in [2.24, 2.45) is 0 Å². The molecule has 33 heavy (non-hydrogen) atoms. The molecule has 0 saturated heterocycles. The van der Waals surface area contributed by atoms with Crippen LogP contribution >= 0.6 is 0 Å². The third-order valence-corrected chi connectivity index (χ3v) is 5.54. The summed E-state index contributed by atoms with van der Waals surface area (Å²) in [6.07, 6.45) is 6.53. The Labute approximate surface area is 189 Å². The molecule has 3 amide bonds. The van der Waals surface area contributed by atoms with E-state index >= 15 is 0 Å². The van der Waals surface area contributed by atoms with Crippen LogP contribution in [0.25, 0.3) is 0 Å². The van der Waals surface area contributed by atoms with Crippen LogP contribution in [0.4, 0.5) is 10.1 Å². The molecule has 4 rings (SSSR count). The van der Waals surface area contributed by atoms with Crippen LogP contribution in [-0.2, 0) is 9.59 Å². The van der Waals surface area contributed by atoms with E-state index in [1.165, 1.54) is 47.8 Å². The van der Waals surface area contributed by atoms with E-state index in [1.807, 2.05) is 0 Å². The summed E-state index contributed by atoms with van der Waals surface area (Å²) in [6.45, 7) is -0.412. The summed E-state index contributed by atoms with van der Waals surface area (Å²) in [5.41, 5.74) is 0.289. The number of amides is 3. The first-order chi connectivity index (χ1) is 16.0. The van der Waals surface area contributed by atoms with Gasteiger partial charge in [-0.3, -0.25) is 19.3 Å². The van der Waals surface area contributed by atoms with E-state index in [2.05, 4.69) is 10.6 Å². The number of carbonyl (C=O) groups is 3. The lowest BCUT2D eigenvalue weighted by atomic mass is 10.1. The highest BCUT2D eigenvalue weighted by atomic mass is 19.1. The number of rotatable bonds is 8. The van der Waals surface area contributed by atoms with Crippen molar-refractivity contribution in [3.63, 3.8) is 0 Å². The van der Waals surface area contributed by atoms with Crippen molar-refractivity contribution >= 4 is 23.4 Å². The second kappa shape index (κ2) is 10.2. The smallest absolute Gasteiger partial charge is 0.287 e. The normalized spacial score (nSPS) is 14.6. The molecule has 0 aliphatic heterocycles. The van der Waals surface area contributed by atoms with Crippen molar-refractivity contribution in [2.75, 3.05) is 11.4 Å². The van der Waals surface area contributed by atoms with E-state index in [-0.39, 0.29) is 23.2 Å². The van der Waals surface area contributed by atoms with Gasteiger partial charge in [0, 0.05) is 11.7 Å². The molecule has 0 spiro atoms. The predicted molar refractivity (Wildman–Crippen MR) is 117 cm³/mol. The van der Waals surface area contributed by atoms with Gasteiger partial charge in [-0.1, -0.05) is 12.8 Å². The van der Waals surface area contributed by atoms with Crippen LogP contribution in [0.1, 0.15) is 48.0 Å². The molecule has 1 aromatic carbocycles. The summed E-state index contributed by atoms with van der Waals surface area (Å²) < 4.78 is 24.2. The maximum atomic E-state index is 13.6. The maximum Gasteiger partial charge on any atom is 0.287 e. The molecule has 172 valence electrons. The first kappa shape index (κ1) is 22.3. The van der Waals surface area contributed by atoms with E-state index in [0.29, 0.717) is 0 Å². The summed E-state index contributed by atoms with van der Waals surface area (Å²) in [5.74, 6) is -1.74. The van der Waals surface area contributed by atoms with Crippen molar-refractivity contribution in [1.82, 2.24) is 10.6 Å². The Morgan fingerprint density at radius 2 is 1.70 bits per heavy atom. The molecule has 2 N–H and O–H groups in total. The van der Waals surface area contributed by atoms with E-state index in [9.17, 15) is 18.8 Å². The molecule has 2 heterocycles. The predicted octanol–water partition coefficient (Wildman–Crippen LogP) is 3.57. The van der Waals surface area contributed by atoms with Gasteiger partial charge in [-0.15, -0.1) is 0 Å². The largest absolute Gasteiger partial charge is 0.467 e. The standard InChI is InChI=1S/C24H24FN3O5/c25-16-9-11-18(12-10-16)28(21(29)15-26-23(30)20-8-4-14-33-20)22(19-7-3-13-32-19)24(31)27-17-5-1-2-6-17/h3-4,7-14,17,22H,1-2,5-6,15H2,(H,26,30)(H,27,31)/t22-/m1/s1. The van der Waals surface area contributed by atoms with Gasteiger partial charge in [-0.25, -0.2) is 4.39 Å². The molecule has 1 aliphatic rings. The minimum atomic E-state index is -1.14. The van der Waals surface area contributed by atoms with Crippen molar-refractivity contribution in [2.45, 2.75) is 37.8 Å². The molecule has 1 aliphatic carbocycles. The molecule has 8 nitrogen and oxygen atoms in total. The van der Waals surface area contributed by atoms with Gasteiger partial charge in [0.2, 0.25) is 5.91 Å². The molecule has 0 bridgehead atoms. The van der Waals surface area contributed by atoms with E-state index < -0.39 is 36.1 Å². The third-order valence-electron chi connectivity index (χ3n) is 5.54. The van der Waals surface area contributed by atoms with Gasteiger partial charge in [0.1, 0.15) is 11.6 Å². The highest BCUT2D eigenvalue weighted by Crippen LogP contribution is 2.29. The lowest BCUT2D eigenvalue weighted by Gasteiger charge is -2.31. The number of hydrogen-bond acceptors (Lipinski definition) is 5. The molecule has 2 aromatic heterocycles. The minimum Gasteiger partial charge on any atom is -0.467 e. The van der Waals surface area contributed by atoms with Crippen LogP contribution in [0, 0.1) is 5.82 Å². The van der Waals surface area contributed by atoms with Crippen LogP contribution in [0.3, 0.4) is 0 Å². The van der Waals surface area contributed by atoms with Crippen molar-refractivity contribution in [3.05, 3.63) is 78.4 Å². The molecule has 0 unspecified atom stereocenters. The number of nitrogens with zero attached hydrogens (tertiary/aromatic N) is 1. The minimum absolute atomic E-state index is 0.0128. The highest BCUT2D eigenvalue weighted by molar-refractivity contribution is 6.04. The van der Waals surface area contributed by atoms with Crippen LogP contribution in [-0.4, -0.2) is 30.3 Å². The number of carbonyl (C=O) groups excluding carboxylic acids is 3. The lowest BCUT2D eigenvalue weighted by molar-refractivity contribution is -0.127. The Bertz CT molecular complexity index is 1070. The average molecular weight is 453 g/mol. The van der Waals surface area contributed by atoms with Gasteiger partial charge in [0.15, 0.2) is 11.8 Å². The zero-order valence-electron chi connectivity index (χ0n) is 17.8. The Morgan fingerprint density at radius 3 is 2.33 bits per heavy atom. The van der Waals surface area contributed by atoms with Crippen molar-refractivity contribution in [1.29, 1.82) is 0 Å². The van der Waals surface area contributed by atoms with Crippen LogP contribution in [0.5, 0.6) is 0 Å². The van der Waals surface area contributed by atoms with Crippen LogP contribution in [0.2, 0.25) is 0 Å². The van der Waals surface area contributed by atoms with Gasteiger partial charge in [-0.2, -0.15) is 0 Å². The molecular formula is C24H24FN3O5. The zero-order chi connectivity index (χ0) is 23.2. The van der Waals surface area contributed by atoms with Crippen LogP contribution < -0.4 is 15.5 Å². The van der Waals surface area contributed by atoms with Gasteiger partial charge < -0.3 is 19.5 Å². The zero-order valence-corrected chi connectivity index (χ0v) is 17.8. The summed E-state index contributed by atoms with van der Waals surface area (Å²) in [5, 5.41) is 5.50. The summed E-state index contributed by atoms with van der Waals surface area (Å²) >= 11 is 0. The lowest BCUT2D eigenvalue weighted by Crippen LogP contribution is -2.49. The Hall–Kier alpha value is -3.88. The fourth-order valence-electron chi connectivity index (χ4n) is 3.95. The summed E-state index contributed by atoms with van der Waals surface area (Å²) in [4.78, 5) is 40.2. The van der Waals surface area contributed by atoms with Crippen molar-refractivity contribution in [3.8, 4) is 0 Å². The van der Waals surface area contributed by atoms with E-state index in [1.54, 1.807) is 18.2 Å². The molecular weight excluding hydrogens is 429 g/mol. The Morgan fingerprint density at radius 1 is 1.00 bits per heavy atom. The monoisotopic (exact) mass is 453 g/mol. The second-order valence-electron chi connectivity index (χ2n) is 7.81. The molecule has 1 saturated carbocycles. The molecule has 3 aromatic rings. The summed E-state index contributed by atoms with van der Waals surface area (Å²) in [7, 11) is 0. The number of benzene rings is 1. The van der Waals surface area contributed by atoms with Crippen LogP contribution in [0.15, 0.2) is 69.9 Å². The molecule has 0 radical (unpaired) electrons. The fourth-order valence-corrected chi connectivity index (χ4v) is 3.95. The molecule has 1 fully saturated rings. The second-order valence-corrected chi connectivity index (χ2v) is 7.81. The third kappa shape index (κ3) is 5.31. The topological polar surface area (TPSA) is 105 Å². The van der Waals surface area contributed by atoms with E-state index in [0.717, 1.165) is 25.7 Å². The number of hydrogen-bond donors (Lipinski definition) is 2. The Kier molecular flexibility index (Phi) is 6.87. The first-order valence-corrected chi connectivity index (χ1v) is 10.8. The average Bonchev–Trinajstić information content (AvgIpc) is 3.60. The van der Waals surface area contributed by atoms with E-state index in [4.69, 9.17) is 8.83 Å². The van der Waals surface area contributed by atoms with Crippen molar-refractivity contribution < 1.29 is 27.6 Å². The number of anilines is 1. The van der Waals surface area contributed by atoms with Gasteiger partial charge in [0.25, 0.3) is 11.8 Å². The Balaban J connectivity index is 1.63. The molecule has 9 heteroatoms. The molecule has 1 atom stereocenters. The van der Waals surface area contributed by atoms with Gasteiger partial charge in [-0.05, 0) is 61.4 Å². The number of nitrogens with one attached hydrogen (secondary N) is 2.